The van der Waals surface area contributed by atoms with E-state index in [9.17, 15) is 0 Å². The van der Waals surface area contributed by atoms with Crippen LogP contribution in [-0.4, -0.2) is 15.5 Å². The number of hydrogen-bond donors (Lipinski definition) is 1. The molecule has 0 aliphatic heterocycles. The minimum atomic E-state index is 0.446. The van der Waals surface area contributed by atoms with Crippen molar-refractivity contribution >= 4 is 17.6 Å². The number of rotatable bonds is 5. The Morgan fingerprint density at radius 2 is 2.07 bits per heavy atom. The molecule has 0 unspecified atom stereocenters. The number of thioether (sulfide) groups is 1. The molecule has 0 aliphatic carbocycles. The maximum Gasteiger partial charge on any atom is 0.135 e. The first-order chi connectivity index (χ1) is 6.74. The number of hydrogen-bond acceptors (Lipinski definition) is 3. The van der Waals surface area contributed by atoms with E-state index in [2.05, 4.69) is 25.9 Å². The van der Waals surface area contributed by atoms with Crippen molar-refractivity contribution in [1.82, 2.24) is 9.78 Å². The first-order valence-corrected chi connectivity index (χ1v) is 6.18. The molecule has 0 bridgehead atoms. The minimum absolute atomic E-state index is 0.446. The molecule has 1 heterocycles. The van der Waals surface area contributed by atoms with E-state index in [-0.39, 0.29) is 0 Å². The molecule has 0 spiro atoms. The molecule has 0 saturated carbocycles. The van der Waals surface area contributed by atoms with Crippen LogP contribution in [0.4, 0.5) is 5.82 Å². The van der Waals surface area contributed by atoms with Crippen LogP contribution in [0.2, 0.25) is 0 Å². The van der Waals surface area contributed by atoms with Gasteiger partial charge < -0.3 is 5.73 Å². The number of nitrogens with zero attached hydrogens (tertiary/aromatic N) is 2. The molecular formula is C10H19N3S. The summed E-state index contributed by atoms with van der Waals surface area (Å²) in [6.07, 6.45) is 4.04. The fourth-order valence-electron chi connectivity index (χ4n) is 1.55. The summed E-state index contributed by atoms with van der Waals surface area (Å²) in [5.74, 6) is 1.87. The van der Waals surface area contributed by atoms with E-state index >= 15 is 0 Å². The Kier molecular flexibility index (Phi) is 4.32. The van der Waals surface area contributed by atoms with Gasteiger partial charge in [-0.2, -0.15) is 5.10 Å². The number of nitrogens with two attached hydrogens (primary N) is 1. The highest BCUT2D eigenvalue weighted by atomic mass is 32.2. The number of nitrogen functional groups attached to an aromatic ring is 1. The zero-order chi connectivity index (χ0) is 10.6. The molecule has 0 aliphatic rings. The van der Waals surface area contributed by atoms with E-state index in [0.717, 1.165) is 29.3 Å². The van der Waals surface area contributed by atoms with E-state index in [1.807, 2.05) is 10.9 Å². The molecule has 0 aromatic carbocycles. The third-order valence-electron chi connectivity index (χ3n) is 2.39. The molecule has 0 fully saturated rings. The summed E-state index contributed by atoms with van der Waals surface area (Å²) in [6.45, 7) is 6.46. The van der Waals surface area contributed by atoms with E-state index in [4.69, 9.17) is 5.73 Å². The zero-order valence-corrected chi connectivity index (χ0v) is 9.97. The predicted octanol–water partition coefficient (Wildman–Crippen LogP) is 2.94. The van der Waals surface area contributed by atoms with Crippen molar-refractivity contribution in [2.75, 3.05) is 11.5 Å². The Morgan fingerprint density at radius 1 is 1.43 bits per heavy atom. The molecule has 2 N–H and O–H groups in total. The lowest BCUT2D eigenvalue weighted by Gasteiger charge is -2.14. The smallest absolute Gasteiger partial charge is 0.135 e. The molecule has 3 nitrogen and oxygen atoms in total. The van der Waals surface area contributed by atoms with Gasteiger partial charge in [0, 0.05) is 0 Å². The quantitative estimate of drug-likeness (QED) is 0.765. The lowest BCUT2D eigenvalue weighted by Crippen LogP contribution is -2.11. The molecule has 0 radical (unpaired) electrons. The molecule has 4 heteroatoms. The normalized spacial score (nSPS) is 11.1. The van der Waals surface area contributed by atoms with Gasteiger partial charge in [0.15, 0.2) is 0 Å². The largest absolute Gasteiger partial charge is 0.383 e. The molecule has 0 saturated heterocycles. The number of anilines is 1. The van der Waals surface area contributed by atoms with Crippen LogP contribution in [0.3, 0.4) is 0 Å². The molecule has 0 amide bonds. The summed E-state index contributed by atoms with van der Waals surface area (Å²) in [5.41, 5.74) is 6.02. The average Bonchev–Trinajstić information content (AvgIpc) is 2.53. The summed E-state index contributed by atoms with van der Waals surface area (Å²) < 4.78 is 1.96. The molecule has 1 aromatic heterocycles. The Hall–Kier alpha value is -0.640. The van der Waals surface area contributed by atoms with Gasteiger partial charge in [-0.05, 0) is 18.6 Å². The van der Waals surface area contributed by atoms with E-state index in [0.29, 0.717) is 6.04 Å². The first kappa shape index (κ1) is 11.4. The maximum atomic E-state index is 6.02. The highest BCUT2D eigenvalue weighted by molar-refractivity contribution is 7.99. The Morgan fingerprint density at radius 3 is 2.57 bits per heavy atom. The molecule has 1 aromatic rings. The van der Waals surface area contributed by atoms with Gasteiger partial charge in [0.2, 0.25) is 0 Å². The van der Waals surface area contributed by atoms with Crippen LogP contribution < -0.4 is 5.73 Å². The second-order valence-electron chi connectivity index (χ2n) is 3.24. The second-order valence-corrected chi connectivity index (χ2v) is 4.55. The third kappa shape index (κ3) is 2.23. The minimum Gasteiger partial charge on any atom is -0.383 e. The van der Waals surface area contributed by atoms with E-state index in [1.54, 1.807) is 11.8 Å². The average molecular weight is 213 g/mol. The Bertz CT molecular complexity index is 279. The monoisotopic (exact) mass is 213 g/mol. The van der Waals surface area contributed by atoms with E-state index in [1.165, 1.54) is 0 Å². The number of aromatic nitrogens is 2. The third-order valence-corrected chi connectivity index (χ3v) is 3.30. The Labute approximate surface area is 90.1 Å². The van der Waals surface area contributed by atoms with Crippen LogP contribution >= 0.6 is 11.8 Å². The summed E-state index contributed by atoms with van der Waals surface area (Å²) in [4.78, 5) is 1.11. The van der Waals surface area contributed by atoms with Crippen molar-refractivity contribution in [2.24, 2.45) is 0 Å². The van der Waals surface area contributed by atoms with Crippen LogP contribution in [0, 0.1) is 0 Å². The van der Waals surface area contributed by atoms with Gasteiger partial charge in [0.1, 0.15) is 5.82 Å². The first-order valence-electron chi connectivity index (χ1n) is 5.20. The highest BCUT2D eigenvalue weighted by Gasteiger charge is 2.13. The summed E-state index contributed by atoms with van der Waals surface area (Å²) in [7, 11) is 0. The zero-order valence-electron chi connectivity index (χ0n) is 9.16. The summed E-state index contributed by atoms with van der Waals surface area (Å²) in [5, 5.41) is 4.35. The van der Waals surface area contributed by atoms with Gasteiger partial charge in [-0.15, -0.1) is 11.8 Å². The molecule has 1 rings (SSSR count). The summed E-state index contributed by atoms with van der Waals surface area (Å²) in [6, 6.07) is 0.446. The van der Waals surface area contributed by atoms with Gasteiger partial charge in [-0.25, -0.2) is 4.68 Å². The second kappa shape index (κ2) is 5.29. The van der Waals surface area contributed by atoms with Crippen molar-refractivity contribution in [2.45, 2.75) is 44.6 Å². The maximum absolute atomic E-state index is 6.02. The van der Waals surface area contributed by atoms with Crippen LogP contribution in [0.15, 0.2) is 11.1 Å². The highest BCUT2D eigenvalue weighted by Crippen LogP contribution is 2.28. The predicted molar refractivity (Wildman–Crippen MR) is 62.7 cm³/mol. The lowest BCUT2D eigenvalue weighted by molar-refractivity contribution is 0.434. The molecule has 80 valence electrons. The topological polar surface area (TPSA) is 43.8 Å². The van der Waals surface area contributed by atoms with Crippen LogP contribution in [0.5, 0.6) is 0 Å². The molecule has 14 heavy (non-hydrogen) atoms. The summed E-state index contributed by atoms with van der Waals surface area (Å²) >= 11 is 1.75. The lowest BCUT2D eigenvalue weighted by atomic mass is 10.2. The molecular weight excluding hydrogens is 194 g/mol. The van der Waals surface area contributed by atoms with Crippen LogP contribution in [0.25, 0.3) is 0 Å². The van der Waals surface area contributed by atoms with Gasteiger partial charge >= 0.3 is 0 Å². The van der Waals surface area contributed by atoms with Crippen LogP contribution in [0.1, 0.15) is 39.7 Å². The standard InChI is InChI=1S/C10H19N3S/c1-4-8(5-2)13-10(11)9(7-12-13)14-6-3/h7-8H,4-6,11H2,1-3H3. The molecule has 0 atom stereocenters. The van der Waals surface area contributed by atoms with Crippen molar-refractivity contribution in [3.05, 3.63) is 6.20 Å². The van der Waals surface area contributed by atoms with E-state index < -0.39 is 0 Å². The van der Waals surface area contributed by atoms with Crippen LogP contribution in [-0.2, 0) is 0 Å². The van der Waals surface area contributed by atoms with Crippen molar-refractivity contribution in [1.29, 1.82) is 0 Å². The Balaban J connectivity index is 2.87. The van der Waals surface area contributed by atoms with Gasteiger partial charge in [0.25, 0.3) is 0 Å². The SMILES string of the molecule is CCSc1cnn(C(CC)CC)c1N. The van der Waals surface area contributed by atoms with Gasteiger partial charge in [0.05, 0.1) is 17.1 Å². The fraction of sp³-hybridized carbons (Fsp3) is 0.700. The van der Waals surface area contributed by atoms with Gasteiger partial charge in [-0.3, -0.25) is 0 Å². The fourth-order valence-corrected chi connectivity index (χ4v) is 2.22. The van der Waals surface area contributed by atoms with Gasteiger partial charge in [-0.1, -0.05) is 20.8 Å². The van der Waals surface area contributed by atoms with Crippen molar-refractivity contribution in [3.8, 4) is 0 Å². The van der Waals surface area contributed by atoms with Crippen molar-refractivity contribution in [3.63, 3.8) is 0 Å². The van der Waals surface area contributed by atoms with Crippen molar-refractivity contribution < 1.29 is 0 Å².